The molecule has 1 fully saturated rings. The van der Waals surface area contributed by atoms with Crippen LogP contribution in [0.2, 0.25) is 0 Å². The number of carbonyl (C=O) groups is 1. The van der Waals surface area contributed by atoms with E-state index < -0.39 is 0 Å². The molecule has 1 N–H and O–H groups in total. The summed E-state index contributed by atoms with van der Waals surface area (Å²) in [7, 11) is 0. The Morgan fingerprint density at radius 3 is 2.83 bits per heavy atom. The summed E-state index contributed by atoms with van der Waals surface area (Å²) >= 11 is 0. The Kier molecular flexibility index (Phi) is 5.45. The zero-order chi connectivity index (χ0) is 16.9. The second-order valence-electron chi connectivity index (χ2n) is 6.60. The highest BCUT2D eigenvalue weighted by Gasteiger charge is 2.22. The lowest BCUT2D eigenvalue weighted by atomic mass is 9.93. The minimum Gasteiger partial charge on any atom is -0.348 e. The number of piperidine rings is 1. The molecule has 0 saturated carbocycles. The lowest BCUT2D eigenvalue weighted by molar-refractivity contribution is -0.123. The van der Waals surface area contributed by atoms with E-state index >= 15 is 0 Å². The molecular formula is C18H27N5O. The summed E-state index contributed by atoms with van der Waals surface area (Å²) in [5, 5.41) is 3.16. The molecule has 0 bridgehead atoms. The maximum absolute atomic E-state index is 12.4. The first-order chi connectivity index (χ1) is 11.7. The maximum Gasteiger partial charge on any atom is 0.233 e. The monoisotopic (exact) mass is 329 g/mol. The van der Waals surface area contributed by atoms with Crippen LogP contribution in [0.15, 0.2) is 24.7 Å². The molecule has 6 nitrogen and oxygen atoms in total. The van der Waals surface area contributed by atoms with Gasteiger partial charge in [0.2, 0.25) is 11.7 Å². The molecular weight excluding hydrogens is 302 g/mol. The van der Waals surface area contributed by atoms with E-state index in [-0.39, 0.29) is 11.9 Å². The van der Waals surface area contributed by atoms with E-state index in [9.17, 15) is 4.79 Å². The largest absolute Gasteiger partial charge is 0.348 e. The third-order valence-corrected chi connectivity index (χ3v) is 4.98. The van der Waals surface area contributed by atoms with Gasteiger partial charge in [-0.2, -0.15) is 0 Å². The van der Waals surface area contributed by atoms with Gasteiger partial charge in [0.1, 0.15) is 0 Å². The van der Waals surface area contributed by atoms with E-state index in [0.29, 0.717) is 18.1 Å². The van der Waals surface area contributed by atoms with Crippen LogP contribution in [0.1, 0.15) is 51.3 Å². The lowest BCUT2D eigenvalue weighted by Gasteiger charge is -2.30. The van der Waals surface area contributed by atoms with E-state index in [1.54, 1.807) is 6.20 Å². The minimum atomic E-state index is -0.0464. The third-order valence-electron chi connectivity index (χ3n) is 4.98. The predicted octanol–water partition coefficient (Wildman–Crippen LogP) is 2.42. The number of nitrogens with one attached hydrogen (secondary N) is 1. The Labute approximate surface area is 143 Å². The first kappa shape index (κ1) is 16.9. The Morgan fingerprint density at radius 1 is 1.38 bits per heavy atom. The Hall–Kier alpha value is -1.95. The molecule has 1 aliphatic heterocycles. The second-order valence-corrected chi connectivity index (χ2v) is 6.60. The van der Waals surface area contributed by atoms with Gasteiger partial charge in [-0.25, -0.2) is 9.97 Å². The van der Waals surface area contributed by atoms with Crippen LogP contribution in [0.5, 0.6) is 0 Å². The van der Waals surface area contributed by atoms with E-state index in [2.05, 4.69) is 34.0 Å². The number of likely N-dealkylation sites (tertiary alicyclic amines) is 1. The van der Waals surface area contributed by atoms with Crippen molar-refractivity contribution < 1.29 is 4.79 Å². The predicted molar refractivity (Wildman–Crippen MR) is 93.6 cm³/mol. The highest BCUT2D eigenvalue weighted by molar-refractivity contribution is 5.76. The molecule has 1 atom stereocenters. The van der Waals surface area contributed by atoms with Crippen LogP contribution < -0.4 is 5.32 Å². The molecule has 3 heterocycles. The number of rotatable bonds is 6. The van der Waals surface area contributed by atoms with Gasteiger partial charge in [0, 0.05) is 25.0 Å². The van der Waals surface area contributed by atoms with Gasteiger partial charge < -0.3 is 10.2 Å². The fraction of sp³-hybridized carbons (Fsp3) is 0.611. The molecule has 2 aromatic heterocycles. The second kappa shape index (κ2) is 7.75. The van der Waals surface area contributed by atoms with Crippen molar-refractivity contribution in [2.45, 2.75) is 45.6 Å². The van der Waals surface area contributed by atoms with Gasteiger partial charge in [0.25, 0.3) is 0 Å². The topological polar surface area (TPSA) is 62.5 Å². The number of carbonyl (C=O) groups excluding carboxylic acids is 1. The van der Waals surface area contributed by atoms with Gasteiger partial charge >= 0.3 is 0 Å². The number of hydrogen-bond acceptors (Lipinski definition) is 4. The van der Waals surface area contributed by atoms with Crippen molar-refractivity contribution in [3.05, 3.63) is 30.4 Å². The highest BCUT2D eigenvalue weighted by atomic mass is 16.1. The summed E-state index contributed by atoms with van der Waals surface area (Å²) in [5.74, 6) is 1.32. The normalized spacial score (nSPS) is 17.9. The standard InChI is InChI=1S/C18H27N5O/c1-3-15(16-13-23-9-5-8-19-18(23)21-16)20-17(24)12-14-6-10-22(4-2)11-7-14/h5,8-9,13-15H,3-4,6-7,10-12H2,1-2H3,(H,20,24)/t15-/m1/s1. The van der Waals surface area contributed by atoms with Crippen LogP contribution in [-0.4, -0.2) is 44.8 Å². The summed E-state index contributed by atoms with van der Waals surface area (Å²) in [4.78, 5) is 23.7. The van der Waals surface area contributed by atoms with Gasteiger partial charge in [0.05, 0.1) is 11.7 Å². The Bertz CT molecular complexity index is 642. The lowest BCUT2D eigenvalue weighted by Crippen LogP contribution is -2.36. The molecule has 0 spiro atoms. The van der Waals surface area contributed by atoms with E-state index in [1.807, 2.05) is 22.9 Å². The Balaban J connectivity index is 1.57. The number of imidazole rings is 1. The van der Waals surface area contributed by atoms with Gasteiger partial charge in [-0.05, 0) is 50.9 Å². The van der Waals surface area contributed by atoms with Gasteiger partial charge in [-0.3, -0.25) is 9.20 Å². The zero-order valence-electron chi connectivity index (χ0n) is 14.6. The molecule has 0 radical (unpaired) electrons. The first-order valence-electron chi connectivity index (χ1n) is 9.01. The molecule has 0 unspecified atom stereocenters. The van der Waals surface area contributed by atoms with Crippen molar-refractivity contribution >= 4 is 11.7 Å². The van der Waals surface area contributed by atoms with Gasteiger partial charge in [-0.15, -0.1) is 0 Å². The van der Waals surface area contributed by atoms with Crippen molar-refractivity contribution in [2.75, 3.05) is 19.6 Å². The summed E-state index contributed by atoms with van der Waals surface area (Å²) < 4.78 is 1.89. The smallest absolute Gasteiger partial charge is 0.233 e. The molecule has 1 amide bonds. The van der Waals surface area contributed by atoms with Gasteiger partial charge in [0.15, 0.2) is 0 Å². The van der Waals surface area contributed by atoms with Crippen LogP contribution in [-0.2, 0) is 4.79 Å². The summed E-state index contributed by atoms with van der Waals surface area (Å²) in [5.41, 5.74) is 0.880. The minimum absolute atomic E-state index is 0.0464. The molecule has 6 heteroatoms. The van der Waals surface area contributed by atoms with Gasteiger partial charge in [-0.1, -0.05) is 13.8 Å². The number of amides is 1. The summed E-state index contributed by atoms with van der Waals surface area (Å²) in [6, 6.07) is 1.83. The quantitative estimate of drug-likeness (QED) is 0.884. The van der Waals surface area contributed by atoms with Crippen molar-refractivity contribution in [1.82, 2.24) is 24.6 Å². The SMILES string of the molecule is CC[C@@H](NC(=O)CC1CCN(CC)CC1)c1cn2cccnc2n1. The average Bonchev–Trinajstić information content (AvgIpc) is 3.04. The average molecular weight is 329 g/mol. The first-order valence-corrected chi connectivity index (χ1v) is 9.01. The van der Waals surface area contributed by atoms with E-state index in [1.165, 1.54) is 0 Å². The highest BCUT2D eigenvalue weighted by Crippen LogP contribution is 2.22. The fourth-order valence-corrected chi connectivity index (χ4v) is 3.42. The summed E-state index contributed by atoms with van der Waals surface area (Å²) in [6.45, 7) is 7.61. The molecule has 0 aromatic carbocycles. The van der Waals surface area contributed by atoms with Crippen molar-refractivity contribution in [2.24, 2.45) is 5.92 Å². The van der Waals surface area contributed by atoms with Crippen molar-refractivity contribution in [1.29, 1.82) is 0 Å². The Morgan fingerprint density at radius 2 is 2.17 bits per heavy atom. The molecule has 3 rings (SSSR count). The zero-order valence-corrected chi connectivity index (χ0v) is 14.6. The molecule has 24 heavy (non-hydrogen) atoms. The van der Waals surface area contributed by atoms with Crippen LogP contribution in [0, 0.1) is 5.92 Å². The van der Waals surface area contributed by atoms with Crippen LogP contribution in [0.4, 0.5) is 0 Å². The van der Waals surface area contributed by atoms with Crippen LogP contribution in [0.3, 0.4) is 0 Å². The molecule has 1 saturated heterocycles. The fourth-order valence-electron chi connectivity index (χ4n) is 3.42. The number of fused-ring (bicyclic) bond motifs is 1. The number of nitrogens with zero attached hydrogens (tertiary/aromatic N) is 4. The molecule has 0 aliphatic carbocycles. The van der Waals surface area contributed by atoms with E-state index in [0.717, 1.165) is 44.6 Å². The van der Waals surface area contributed by atoms with Crippen molar-refractivity contribution in [3.8, 4) is 0 Å². The number of hydrogen-bond donors (Lipinski definition) is 1. The summed E-state index contributed by atoms with van der Waals surface area (Å²) in [6.07, 6.45) is 9.30. The molecule has 2 aromatic rings. The number of aromatic nitrogens is 3. The molecule has 1 aliphatic rings. The van der Waals surface area contributed by atoms with Crippen molar-refractivity contribution in [3.63, 3.8) is 0 Å². The van der Waals surface area contributed by atoms with Crippen LogP contribution >= 0.6 is 0 Å². The van der Waals surface area contributed by atoms with E-state index in [4.69, 9.17) is 0 Å². The molecule has 130 valence electrons. The maximum atomic E-state index is 12.4. The van der Waals surface area contributed by atoms with Crippen LogP contribution in [0.25, 0.3) is 5.78 Å². The third kappa shape index (κ3) is 3.93.